The van der Waals surface area contributed by atoms with E-state index >= 15 is 0 Å². The monoisotopic (exact) mass is 504 g/mol. The number of aryl methyl sites for hydroxylation is 2. The second kappa shape index (κ2) is 8.98. The number of carbonyl (C=O) groups excluding carboxylic acids is 2. The fourth-order valence-electron chi connectivity index (χ4n) is 4.96. The molecule has 6 heteroatoms. The Bertz CT molecular complexity index is 1750. The Morgan fingerprint density at radius 2 is 1.76 bits per heavy atom. The van der Waals surface area contributed by atoms with E-state index in [1.54, 1.807) is 6.07 Å². The van der Waals surface area contributed by atoms with Crippen LogP contribution in [0.2, 0.25) is 0 Å². The number of Topliss-reactive ketones (excluding diaryl/α,β-unsaturated/α-hetero) is 1. The van der Waals surface area contributed by atoms with Crippen molar-refractivity contribution in [1.29, 1.82) is 0 Å². The van der Waals surface area contributed by atoms with Crippen molar-refractivity contribution in [1.82, 2.24) is 4.98 Å². The summed E-state index contributed by atoms with van der Waals surface area (Å²) in [7, 11) is 0. The lowest BCUT2D eigenvalue weighted by Crippen LogP contribution is -2.29. The third-order valence-electron chi connectivity index (χ3n) is 6.88. The van der Waals surface area contributed by atoms with E-state index in [2.05, 4.69) is 13.0 Å². The second-order valence-electron chi connectivity index (χ2n) is 9.30. The standard InChI is InChI=1S/C31H24N2O3S/c1-3-19-11-14-24-25(16-19)37-31(32-24)33-27(22-10-6-7-18(2)15-22)26(29(35)30(33)36)28(34)23-13-12-20-8-4-5-9-21(20)17-23/h4-17,27,34H,3H2,1-2H3/b28-26+. The zero-order chi connectivity index (χ0) is 25.7. The first-order valence-electron chi connectivity index (χ1n) is 12.2. The third-order valence-corrected chi connectivity index (χ3v) is 7.90. The van der Waals surface area contributed by atoms with Gasteiger partial charge in [-0.3, -0.25) is 14.5 Å². The molecule has 1 N–H and O–H groups in total. The molecule has 0 bridgehead atoms. The van der Waals surface area contributed by atoms with Crippen molar-refractivity contribution in [2.45, 2.75) is 26.3 Å². The average Bonchev–Trinajstić information content (AvgIpc) is 3.45. The fraction of sp³-hybridized carbons (Fsp3) is 0.129. The van der Waals surface area contributed by atoms with Crippen molar-refractivity contribution in [3.63, 3.8) is 0 Å². The van der Waals surface area contributed by atoms with Gasteiger partial charge < -0.3 is 5.11 Å². The molecule has 1 amide bonds. The first-order chi connectivity index (χ1) is 17.9. The fourth-order valence-corrected chi connectivity index (χ4v) is 6.01. The summed E-state index contributed by atoms with van der Waals surface area (Å²) < 4.78 is 0.953. The smallest absolute Gasteiger partial charge is 0.301 e. The number of fused-ring (bicyclic) bond motifs is 2. The van der Waals surface area contributed by atoms with Gasteiger partial charge in [0.2, 0.25) is 0 Å². The molecular weight excluding hydrogens is 480 g/mol. The molecule has 2 heterocycles. The number of rotatable bonds is 4. The van der Waals surface area contributed by atoms with Crippen LogP contribution in [-0.2, 0) is 16.0 Å². The largest absolute Gasteiger partial charge is 0.507 e. The Morgan fingerprint density at radius 3 is 2.54 bits per heavy atom. The van der Waals surface area contributed by atoms with Gasteiger partial charge in [0.25, 0.3) is 5.78 Å². The van der Waals surface area contributed by atoms with Gasteiger partial charge >= 0.3 is 5.91 Å². The van der Waals surface area contributed by atoms with Gasteiger partial charge in [-0.25, -0.2) is 4.98 Å². The van der Waals surface area contributed by atoms with E-state index in [0.29, 0.717) is 10.7 Å². The first kappa shape index (κ1) is 23.1. The van der Waals surface area contributed by atoms with Crippen LogP contribution in [0.15, 0.2) is 90.5 Å². The summed E-state index contributed by atoms with van der Waals surface area (Å²) in [5.41, 5.74) is 4.25. The topological polar surface area (TPSA) is 70.5 Å². The molecule has 4 aromatic carbocycles. The summed E-state index contributed by atoms with van der Waals surface area (Å²) in [6.07, 6.45) is 0.892. The van der Waals surface area contributed by atoms with Crippen molar-refractivity contribution in [3.8, 4) is 0 Å². The molecule has 1 aliphatic heterocycles. The van der Waals surface area contributed by atoms with Gasteiger partial charge in [0.15, 0.2) is 5.13 Å². The maximum absolute atomic E-state index is 13.5. The minimum atomic E-state index is -0.794. The van der Waals surface area contributed by atoms with Crippen molar-refractivity contribution in [2.24, 2.45) is 0 Å². The highest BCUT2D eigenvalue weighted by Crippen LogP contribution is 2.44. The number of benzene rings is 4. The summed E-state index contributed by atoms with van der Waals surface area (Å²) in [6, 6.07) is 26.3. The number of anilines is 1. The van der Waals surface area contributed by atoms with E-state index in [-0.39, 0.29) is 11.3 Å². The Morgan fingerprint density at radius 1 is 0.946 bits per heavy atom. The molecule has 0 aliphatic carbocycles. The zero-order valence-corrected chi connectivity index (χ0v) is 21.3. The molecule has 1 atom stereocenters. The highest BCUT2D eigenvalue weighted by molar-refractivity contribution is 7.22. The van der Waals surface area contributed by atoms with Gasteiger partial charge in [0, 0.05) is 5.56 Å². The van der Waals surface area contributed by atoms with Crippen LogP contribution in [0.5, 0.6) is 0 Å². The molecule has 1 fully saturated rings. The van der Waals surface area contributed by atoms with E-state index in [0.717, 1.165) is 38.5 Å². The minimum Gasteiger partial charge on any atom is -0.507 e. The summed E-state index contributed by atoms with van der Waals surface area (Å²) in [4.78, 5) is 33.2. The molecule has 0 spiro atoms. The van der Waals surface area contributed by atoms with Gasteiger partial charge in [-0.15, -0.1) is 0 Å². The lowest BCUT2D eigenvalue weighted by atomic mass is 9.94. The summed E-state index contributed by atoms with van der Waals surface area (Å²) >= 11 is 1.38. The van der Waals surface area contributed by atoms with Crippen molar-refractivity contribution < 1.29 is 14.7 Å². The van der Waals surface area contributed by atoms with Crippen LogP contribution in [-0.4, -0.2) is 21.8 Å². The number of hydrogen-bond donors (Lipinski definition) is 1. The normalized spacial score (nSPS) is 17.2. The zero-order valence-electron chi connectivity index (χ0n) is 20.4. The van der Waals surface area contributed by atoms with Crippen LogP contribution in [0.1, 0.15) is 35.2 Å². The molecular formula is C31H24N2O3S. The van der Waals surface area contributed by atoms with Crippen LogP contribution in [0.3, 0.4) is 0 Å². The molecule has 182 valence electrons. The molecule has 1 aromatic heterocycles. The first-order valence-corrected chi connectivity index (χ1v) is 13.0. The number of nitrogens with zero attached hydrogens (tertiary/aromatic N) is 2. The van der Waals surface area contributed by atoms with Crippen molar-refractivity contribution in [2.75, 3.05) is 4.90 Å². The molecule has 37 heavy (non-hydrogen) atoms. The van der Waals surface area contributed by atoms with Crippen LogP contribution in [0.4, 0.5) is 5.13 Å². The number of ketones is 1. The van der Waals surface area contributed by atoms with Crippen molar-refractivity contribution >= 4 is 54.9 Å². The molecule has 1 unspecified atom stereocenters. The van der Waals surface area contributed by atoms with Gasteiger partial charge in [0.05, 0.1) is 21.8 Å². The number of thiazole rings is 1. The summed E-state index contributed by atoms with van der Waals surface area (Å²) in [5, 5.41) is 13.9. The molecule has 5 nitrogen and oxygen atoms in total. The van der Waals surface area contributed by atoms with E-state index in [1.165, 1.54) is 21.8 Å². The Balaban J connectivity index is 1.56. The van der Waals surface area contributed by atoms with Crippen LogP contribution in [0, 0.1) is 6.92 Å². The maximum Gasteiger partial charge on any atom is 0.301 e. The molecule has 0 saturated carbocycles. The van der Waals surface area contributed by atoms with E-state index in [1.807, 2.05) is 79.7 Å². The van der Waals surface area contributed by atoms with E-state index in [4.69, 9.17) is 4.98 Å². The predicted octanol–water partition coefficient (Wildman–Crippen LogP) is 6.95. The number of hydrogen-bond acceptors (Lipinski definition) is 5. The minimum absolute atomic E-state index is 0.0689. The molecule has 5 aromatic rings. The van der Waals surface area contributed by atoms with E-state index < -0.39 is 17.7 Å². The van der Waals surface area contributed by atoms with Crippen LogP contribution in [0.25, 0.3) is 26.7 Å². The van der Waals surface area contributed by atoms with Crippen molar-refractivity contribution in [3.05, 3.63) is 113 Å². The highest BCUT2D eigenvalue weighted by atomic mass is 32.1. The Kier molecular flexibility index (Phi) is 5.61. The van der Waals surface area contributed by atoms with E-state index in [9.17, 15) is 14.7 Å². The molecule has 0 radical (unpaired) electrons. The Labute approximate surface area is 218 Å². The number of aliphatic hydroxyl groups is 1. The summed E-state index contributed by atoms with van der Waals surface area (Å²) in [5.74, 6) is -1.60. The van der Waals surface area contributed by atoms with Gasteiger partial charge in [-0.05, 0) is 53.4 Å². The third kappa shape index (κ3) is 3.90. The lowest BCUT2D eigenvalue weighted by molar-refractivity contribution is -0.132. The number of amides is 1. The lowest BCUT2D eigenvalue weighted by Gasteiger charge is -2.23. The highest BCUT2D eigenvalue weighted by Gasteiger charge is 2.48. The molecule has 1 aliphatic rings. The molecule has 1 saturated heterocycles. The SMILES string of the molecule is CCc1ccc2nc(N3C(=O)C(=O)/C(=C(/O)c4ccc5ccccc5c4)C3c3cccc(C)c3)sc2c1. The second-order valence-corrected chi connectivity index (χ2v) is 10.3. The van der Waals surface area contributed by atoms with Gasteiger partial charge in [-0.2, -0.15) is 0 Å². The number of aliphatic hydroxyl groups excluding tert-OH is 1. The molecule has 6 rings (SSSR count). The van der Waals surface area contributed by atoms with Crippen LogP contribution < -0.4 is 4.90 Å². The van der Waals surface area contributed by atoms with Gasteiger partial charge in [-0.1, -0.05) is 90.6 Å². The quantitative estimate of drug-likeness (QED) is 0.163. The maximum atomic E-state index is 13.5. The average molecular weight is 505 g/mol. The number of carbonyl (C=O) groups is 2. The van der Waals surface area contributed by atoms with Crippen LogP contribution >= 0.6 is 11.3 Å². The summed E-state index contributed by atoms with van der Waals surface area (Å²) in [6.45, 7) is 4.05. The Hall–Kier alpha value is -4.29. The van der Waals surface area contributed by atoms with Gasteiger partial charge in [0.1, 0.15) is 5.76 Å². The predicted molar refractivity (Wildman–Crippen MR) is 149 cm³/mol. The number of aromatic nitrogens is 1.